The van der Waals surface area contributed by atoms with Crippen LogP contribution in [-0.4, -0.2) is 33.9 Å². The molecule has 0 atom stereocenters. The summed E-state index contributed by atoms with van der Waals surface area (Å²) in [6.07, 6.45) is 0. The van der Waals surface area contributed by atoms with E-state index in [1.165, 1.54) is 16.8 Å². The molecule has 0 bridgehead atoms. The van der Waals surface area contributed by atoms with Crippen LogP contribution in [0.15, 0.2) is 18.2 Å². The lowest BCUT2D eigenvalue weighted by molar-refractivity contribution is 0.199. The van der Waals surface area contributed by atoms with Gasteiger partial charge in [0.1, 0.15) is 0 Å². The van der Waals surface area contributed by atoms with Gasteiger partial charge in [-0.25, -0.2) is 0 Å². The molecular weight excluding hydrogens is 248 g/mol. The summed E-state index contributed by atoms with van der Waals surface area (Å²) in [7, 11) is 3.90. The third-order valence-corrected chi connectivity index (χ3v) is 3.20. The van der Waals surface area contributed by atoms with Gasteiger partial charge in [0.25, 0.3) is 0 Å². The number of ether oxygens (including phenoxy) is 1. The fourth-order valence-corrected chi connectivity index (χ4v) is 2.46. The van der Waals surface area contributed by atoms with Crippen molar-refractivity contribution in [2.24, 2.45) is 5.41 Å². The predicted molar refractivity (Wildman–Crippen MR) is 87.5 cm³/mol. The van der Waals surface area contributed by atoms with Crippen molar-refractivity contribution in [1.82, 2.24) is 5.32 Å². The van der Waals surface area contributed by atoms with Gasteiger partial charge in [-0.15, -0.1) is 0 Å². The van der Waals surface area contributed by atoms with Crippen molar-refractivity contribution < 1.29 is 4.74 Å². The molecule has 0 unspecified atom stereocenters. The number of nitrogens with zero attached hydrogens (tertiary/aromatic N) is 1. The van der Waals surface area contributed by atoms with Crippen LogP contribution in [0.4, 0.5) is 5.69 Å². The maximum atomic E-state index is 5.03. The molecule has 1 rings (SSSR count). The number of rotatable bonds is 7. The molecule has 0 aliphatic carbocycles. The van der Waals surface area contributed by atoms with Crippen LogP contribution in [0, 0.1) is 12.3 Å². The van der Waals surface area contributed by atoms with Crippen LogP contribution in [0.1, 0.15) is 31.9 Å². The predicted octanol–water partition coefficient (Wildman–Crippen LogP) is 3.21. The van der Waals surface area contributed by atoms with E-state index >= 15 is 0 Å². The number of anilines is 1. The number of hydrogen-bond acceptors (Lipinski definition) is 3. The van der Waals surface area contributed by atoms with Gasteiger partial charge in [-0.05, 0) is 29.5 Å². The average Bonchev–Trinajstić information content (AvgIpc) is 2.32. The van der Waals surface area contributed by atoms with Crippen LogP contribution >= 0.6 is 0 Å². The van der Waals surface area contributed by atoms with Gasteiger partial charge in [-0.1, -0.05) is 32.9 Å². The number of benzene rings is 1. The van der Waals surface area contributed by atoms with Crippen molar-refractivity contribution in [3.05, 3.63) is 29.3 Å². The minimum absolute atomic E-state index is 0.307. The molecule has 3 nitrogen and oxygen atoms in total. The zero-order valence-electron chi connectivity index (χ0n) is 13.9. The Balaban J connectivity index is 2.63. The highest BCUT2D eigenvalue weighted by Gasteiger charge is 2.15. The molecule has 1 aromatic rings. The molecule has 0 aliphatic heterocycles. The summed E-state index contributed by atoms with van der Waals surface area (Å²) in [5.41, 5.74) is 4.29. The van der Waals surface area contributed by atoms with E-state index in [2.05, 4.69) is 63.2 Å². The molecule has 0 saturated carbocycles. The van der Waals surface area contributed by atoms with Gasteiger partial charge in [0.2, 0.25) is 0 Å². The quantitative estimate of drug-likeness (QED) is 0.775. The SMILES string of the molecule is COCCNCc1ccc(N(C)CC(C)(C)C)c(C)c1. The molecule has 0 spiro atoms. The Morgan fingerprint density at radius 3 is 2.50 bits per heavy atom. The molecule has 114 valence electrons. The highest BCUT2D eigenvalue weighted by molar-refractivity contribution is 5.54. The highest BCUT2D eigenvalue weighted by Crippen LogP contribution is 2.24. The zero-order chi connectivity index (χ0) is 15.2. The van der Waals surface area contributed by atoms with Crippen molar-refractivity contribution in [3.8, 4) is 0 Å². The fourth-order valence-electron chi connectivity index (χ4n) is 2.46. The normalized spacial score (nSPS) is 11.7. The van der Waals surface area contributed by atoms with E-state index in [1.54, 1.807) is 7.11 Å². The highest BCUT2D eigenvalue weighted by atomic mass is 16.5. The lowest BCUT2D eigenvalue weighted by atomic mass is 9.95. The van der Waals surface area contributed by atoms with E-state index in [9.17, 15) is 0 Å². The van der Waals surface area contributed by atoms with Gasteiger partial charge in [0.05, 0.1) is 6.61 Å². The van der Waals surface area contributed by atoms with Crippen LogP contribution in [0.25, 0.3) is 0 Å². The van der Waals surface area contributed by atoms with Crippen molar-refractivity contribution >= 4 is 5.69 Å². The maximum absolute atomic E-state index is 5.03. The molecule has 0 saturated heterocycles. The van der Waals surface area contributed by atoms with Crippen molar-refractivity contribution in [2.75, 3.05) is 38.8 Å². The monoisotopic (exact) mass is 278 g/mol. The second kappa shape index (κ2) is 7.65. The van der Waals surface area contributed by atoms with Gasteiger partial charge in [-0.2, -0.15) is 0 Å². The molecule has 0 aliphatic rings. The Bertz CT molecular complexity index is 410. The van der Waals surface area contributed by atoms with Gasteiger partial charge < -0.3 is 15.0 Å². The van der Waals surface area contributed by atoms with Crippen molar-refractivity contribution in [3.63, 3.8) is 0 Å². The third-order valence-electron chi connectivity index (χ3n) is 3.20. The minimum Gasteiger partial charge on any atom is -0.383 e. The third kappa shape index (κ3) is 5.93. The number of hydrogen-bond donors (Lipinski definition) is 1. The van der Waals surface area contributed by atoms with Crippen LogP contribution < -0.4 is 10.2 Å². The zero-order valence-corrected chi connectivity index (χ0v) is 13.9. The molecule has 20 heavy (non-hydrogen) atoms. The molecule has 0 heterocycles. The maximum Gasteiger partial charge on any atom is 0.0587 e. The molecular formula is C17H30N2O. The second-order valence-electron chi connectivity index (χ2n) is 6.71. The standard InChI is InChI=1S/C17H30N2O/c1-14-11-15(12-18-9-10-20-6)7-8-16(14)19(5)13-17(2,3)4/h7-8,11,18H,9-10,12-13H2,1-6H3. The molecule has 1 N–H and O–H groups in total. The summed E-state index contributed by atoms with van der Waals surface area (Å²) in [6, 6.07) is 6.71. The van der Waals surface area contributed by atoms with Gasteiger partial charge >= 0.3 is 0 Å². The second-order valence-corrected chi connectivity index (χ2v) is 6.71. The summed E-state index contributed by atoms with van der Waals surface area (Å²) in [5, 5.41) is 3.38. The minimum atomic E-state index is 0.307. The first kappa shape index (κ1) is 17.0. The molecule has 0 radical (unpaired) electrons. The first-order valence-corrected chi connectivity index (χ1v) is 7.34. The number of methoxy groups -OCH3 is 1. The molecule has 0 amide bonds. The molecule has 0 fully saturated rings. The van der Waals surface area contributed by atoms with E-state index in [0.717, 1.165) is 26.2 Å². The van der Waals surface area contributed by atoms with Crippen LogP contribution in [0.2, 0.25) is 0 Å². The lowest BCUT2D eigenvalue weighted by Gasteiger charge is -2.29. The number of aryl methyl sites for hydroxylation is 1. The topological polar surface area (TPSA) is 24.5 Å². The molecule has 1 aromatic carbocycles. The van der Waals surface area contributed by atoms with Gasteiger partial charge in [-0.3, -0.25) is 0 Å². The summed E-state index contributed by atoms with van der Waals surface area (Å²) < 4.78 is 5.03. The van der Waals surface area contributed by atoms with Crippen LogP contribution in [0.3, 0.4) is 0 Å². The Morgan fingerprint density at radius 1 is 1.25 bits per heavy atom. The summed E-state index contributed by atoms with van der Waals surface area (Å²) in [6.45, 7) is 12.6. The fraction of sp³-hybridized carbons (Fsp3) is 0.647. The number of nitrogens with one attached hydrogen (secondary N) is 1. The van der Waals surface area contributed by atoms with E-state index < -0.39 is 0 Å². The van der Waals surface area contributed by atoms with Crippen molar-refractivity contribution in [2.45, 2.75) is 34.2 Å². The van der Waals surface area contributed by atoms with Crippen LogP contribution in [-0.2, 0) is 11.3 Å². The van der Waals surface area contributed by atoms with Crippen molar-refractivity contribution in [1.29, 1.82) is 0 Å². The Morgan fingerprint density at radius 2 is 1.95 bits per heavy atom. The summed E-state index contributed by atoms with van der Waals surface area (Å²) in [5.74, 6) is 0. The molecule has 3 heteroatoms. The van der Waals surface area contributed by atoms with E-state index in [1.807, 2.05) is 0 Å². The summed E-state index contributed by atoms with van der Waals surface area (Å²) in [4.78, 5) is 2.34. The van der Waals surface area contributed by atoms with Crippen LogP contribution in [0.5, 0.6) is 0 Å². The van der Waals surface area contributed by atoms with Gasteiger partial charge in [0, 0.05) is 39.5 Å². The van der Waals surface area contributed by atoms with E-state index in [0.29, 0.717) is 5.41 Å². The lowest BCUT2D eigenvalue weighted by Crippen LogP contribution is -2.29. The van der Waals surface area contributed by atoms with E-state index in [-0.39, 0.29) is 0 Å². The van der Waals surface area contributed by atoms with Gasteiger partial charge in [0.15, 0.2) is 0 Å². The Kier molecular flexibility index (Phi) is 6.50. The Labute approximate surface area is 124 Å². The average molecular weight is 278 g/mol. The summed E-state index contributed by atoms with van der Waals surface area (Å²) >= 11 is 0. The largest absolute Gasteiger partial charge is 0.383 e. The van der Waals surface area contributed by atoms with E-state index in [4.69, 9.17) is 4.74 Å². The smallest absolute Gasteiger partial charge is 0.0587 e. The first-order valence-electron chi connectivity index (χ1n) is 7.34. The Hall–Kier alpha value is -1.06. The molecule has 0 aromatic heterocycles. The first-order chi connectivity index (χ1) is 9.33.